The molecule has 0 saturated heterocycles. The van der Waals surface area contributed by atoms with E-state index in [0.717, 1.165) is 0 Å². The van der Waals surface area contributed by atoms with E-state index < -0.39 is 23.9 Å². The predicted molar refractivity (Wildman–Crippen MR) is 42.5 cm³/mol. The Morgan fingerprint density at radius 1 is 1.46 bits per heavy atom. The van der Waals surface area contributed by atoms with Gasteiger partial charge in [-0.25, -0.2) is 4.79 Å². The van der Waals surface area contributed by atoms with Crippen molar-refractivity contribution in [3.05, 3.63) is 0 Å². The number of rotatable bonds is 4. The van der Waals surface area contributed by atoms with Crippen LogP contribution in [0.1, 0.15) is 27.2 Å². The molecular weight excluding hydrogens is 182 g/mol. The molecule has 0 aliphatic carbocycles. The monoisotopic (exact) mass is 196 g/mol. The van der Waals surface area contributed by atoms with Crippen LogP contribution in [0.15, 0.2) is 0 Å². The zero-order valence-corrected chi connectivity index (χ0v) is 7.93. The molecule has 13 heavy (non-hydrogen) atoms. The number of aliphatic hydroxyl groups is 1. The molecule has 0 spiro atoms. The van der Waals surface area contributed by atoms with Crippen molar-refractivity contribution in [2.75, 3.05) is 6.61 Å². The van der Waals surface area contributed by atoms with Gasteiger partial charge in [-0.2, -0.15) is 8.78 Å². The van der Waals surface area contributed by atoms with Crippen molar-refractivity contribution < 1.29 is 23.4 Å². The summed E-state index contributed by atoms with van der Waals surface area (Å²) >= 11 is 0. The first-order valence-corrected chi connectivity index (χ1v) is 3.96. The van der Waals surface area contributed by atoms with Crippen molar-refractivity contribution in [1.29, 1.82) is 0 Å². The lowest BCUT2D eigenvalue weighted by atomic mass is 10.0. The minimum atomic E-state index is -3.62. The highest BCUT2D eigenvalue weighted by molar-refractivity contribution is 5.77. The molecule has 78 valence electrons. The van der Waals surface area contributed by atoms with Crippen LogP contribution in [0.3, 0.4) is 0 Å². The summed E-state index contributed by atoms with van der Waals surface area (Å²) in [6, 6.07) is 0. The number of esters is 1. The van der Waals surface area contributed by atoms with Crippen molar-refractivity contribution >= 4 is 5.97 Å². The Bertz CT molecular complexity index is 184. The van der Waals surface area contributed by atoms with E-state index in [9.17, 15) is 13.6 Å². The minimum absolute atomic E-state index is 0.0969. The number of halogens is 2. The SMILES string of the molecule is CCOC(=O)C(F)(F)CC(C)(C)O. The van der Waals surface area contributed by atoms with Gasteiger partial charge < -0.3 is 9.84 Å². The number of carbonyl (C=O) groups is 1. The molecule has 0 heterocycles. The Morgan fingerprint density at radius 2 is 1.92 bits per heavy atom. The summed E-state index contributed by atoms with van der Waals surface area (Å²) < 4.78 is 29.9. The van der Waals surface area contributed by atoms with Crippen LogP contribution >= 0.6 is 0 Å². The van der Waals surface area contributed by atoms with Gasteiger partial charge in [0, 0.05) is 0 Å². The topological polar surface area (TPSA) is 46.5 Å². The van der Waals surface area contributed by atoms with E-state index in [1.165, 1.54) is 20.8 Å². The molecule has 0 radical (unpaired) electrons. The Kier molecular flexibility index (Phi) is 3.78. The zero-order chi connectivity index (χ0) is 10.7. The molecule has 0 bridgehead atoms. The summed E-state index contributed by atoms with van der Waals surface area (Å²) in [5, 5.41) is 9.08. The lowest BCUT2D eigenvalue weighted by Gasteiger charge is -2.22. The highest BCUT2D eigenvalue weighted by Crippen LogP contribution is 2.27. The summed E-state index contributed by atoms with van der Waals surface area (Å²) in [5.41, 5.74) is -1.59. The molecule has 0 amide bonds. The highest BCUT2D eigenvalue weighted by Gasteiger charge is 2.44. The van der Waals surface area contributed by atoms with Gasteiger partial charge in [0.15, 0.2) is 0 Å². The molecule has 0 saturated carbocycles. The van der Waals surface area contributed by atoms with E-state index in [0.29, 0.717) is 0 Å². The second-order valence-corrected chi connectivity index (χ2v) is 3.41. The van der Waals surface area contributed by atoms with E-state index in [2.05, 4.69) is 4.74 Å². The third kappa shape index (κ3) is 4.77. The van der Waals surface area contributed by atoms with E-state index in [4.69, 9.17) is 5.11 Å². The average Bonchev–Trinajstić information content (AvgIpc) is 1.82. The molecular formula is C8H14F2O3. The van der Waals surface area contributed by atoms with Gasteiger partial charge in [-0.15, -0.1) is 0 Å². The maximum Gasteiger partial charge on any atom is 0.377 e. The maximum atomic E-state index is 12.9. The fourth-order valence-corrected chi connectivity index (χ4v) is 0.852. The van der Waals surface area contributed by atoms with Crippen LogP contribution in [-0.4, -0.2) is 29.2 Å². The molecule has 0 atom stereocenters. The van der Waals surface area contributed by atoms with Gasteiger partial charge in [-0.1, -0.05) is 0 Å². The largest absolute Gasteiger partial charge is 0.462 e. The summed E-state index contributed by atoms with van der Waals surface area (Å²) in [6.45, 7) is 3.76. The lowest BCUT2D eigenvalue weighted by Crippen LogP contribution is -2.38. The number of carbonyl (C=O) groups excluding carboxylic acids is 1. The zero-order valence-electron chi connectivity index (χ0n) is 7.93. The van der Waals surface area contributed by atoms with Gasteiger partial charge in [-0.05, 0) is 20.8 Å². The van der Waals surface area contributed by atoms with E-state index in [-0.39, 0.29) is 6.61 Å². The van der Waals surface area contributed by atoms with Crippen LogP contribution in [0, 0.1) is 0 Å². The van der Waals surface area contributed by atoms with Crippen LogP contribution in [0.5, 0.6) is 0 Å². The molecule has 0 aromatic carbocycles. The van der Waals surface area contributed by atoms with Crippen LogP contribution in [0.25, 0.3) is 0 Å². The number of hydrogen-bond donors (Lipinski definition) is 1. The first-order chi connectivity index (χ1) is 5.69. The van der Waals surface area contributed by atoms with Gasteiger partial charge in [0.05, 0.1) is 18.6 Å². The number of hydrogen-bond acceptors (Lipinski definition) is 3. The van der Waals surface area contributed by atoms with Crippen LogP contribution in [0.4, 0.5) is 8.78 Å². The van der Waals surface area contributed by atoms with Crippen molar-refractivity contribution in [2.45, 2.75) is 38.7 Å². The van der Waals surface area contributed by atoms with E-state index in [1.54, 1.807) is 0 Å². The van der Waals surface area contributed by atoms with Crippen molar-refractivity contribution in [3.63, 3.8) is 0 Å². The minimum Gasteiger partial charge on any atom is -0.462 e. The predicted octanol–water partition coefficient (Wildman–Crippen LogP) is 1.35. The van der Waals surface area contributed by atoms with E-state index in [1.807, 2.05) is 0 Å². The Hall–Kier alpha value is -0.710. The number of ether oxygens (including phenoxy) is 1. The van der Waals surface area contributed by atoms with Gasteiger partial charge in [0.2, 0.25) is 0 Å². The van der Waals surface area contributed by atoms with Crippen LogP contribution < -0.4 is 0 Å². The van der Waals surface area contributed by atoms with Gasteiger partial charge >= 0.3 is 11.9 Å². The Balaban J connectivity index is 4.30. The Labute approximate surface area is 75.7 Å². The maximum absolute atomic E-state index is 12.9. The normalized spacial score (nSPS) is 12.8. The fraction of sp³-hybridized carbons (Fsp3) is 0.875. The third-order valence-electron chi connectivity index (χ3n) is 1.23. The van der Waals surface area contributed by atoms with Crippen LogP contribution in [0.2, 0.25) is 0 Å². The molecule has 0 unspecified atom stereocenters. The first kappa shape index (κ1) is 12.3. The van der Waals surface area contributed by atoms with Crippen molar-refractivity contribution in [3.8, 4) is 0 Å². The summed E-state index contributed by atoms with van der Waals surface area (Å²) in [7, 11) is 0. The third-order valence-corrected chi connectivity index (χ3v) is 1.23. The molecule has 0 aromatic rings. The first-order valence-electron chi connectivity index (χ1n) is 3.96. The summed E-state index contributed by atoms with van der Waals surface area (Å²) in [4.78, 5) is 10.7. The molecule has 0 aliphatic rings. The number of alkyl halides is 2. The molecule has 1 N–H and O–H groups in total. The van der Waals surface area contributed by atoms with Crippen molar-refractivity contribution in [2.24, 2.45) is 0 Å². The molecule has 5 heteroatoms. The smallest absolute Gasteiger partial charge is 0.377 e. The van der Waals surface area contributed by atoms with E-state index >= 15 is 0 Å². The molecule has 0 aromatic heterocycles. The highest BCUT2D eigenvalue weighted by atomic mass is 19.3. The van der Waals surface area contributed by atoms with Crippen molar-refractivity contribution in [1.82, 2.24) is 0 Å². The Morgan fingerprint density at radius 3 is 2.23 bits per heavy atom. The molecule has 0 fully saturated rings. The van der Waals surface area contributed by atoms with Gasteiger partial charge in [-0.3, -0.25) is 0 Å². The second-order valence-electron chi connectivity index (χ2n) is 3.41. The second kappa shape index (κ2) is 4.00. The van der Waals surface area contributed by atoms with Crippen LogP contribution in [-0.2, 0) is 9.53 Å². The van der Waals surface area contributed by atoms with Gasteiger partial charge in [0.25, 0.3) is 0 Å². The summed E-state index contributed by atoms with van der Waals surface area (Å²) in [5.74, 6) is -5.20. The lowest BCUT2D eigenvalue weighted by molar-refractivity contribution is -0.178. The summed E-state index contributed by atoms with van der Waals surface area (Å²) in [6.07, 6.45) is -0.932. The van der Waals surface area contributed by atoms with Gasteiger partial charge in [0.1, 0.15) is 0 Å². The molecule has 0 rings (SSSR count). The fourth-order valence-electron chi connectivity index (χ4n) is 0.852. The molecule has 3 nitrogen and oxygen atoms in total. The average molecular weight is 196 g/mol. The molecule has 0 aliphatic heterocycles. The quantitative estimate of drug-likeness (QED) is 0.690. The standard InChI is InChI=1S/C8H14F2O3/c1-4-13-6(11)8(9,10)5-7(2,3)12/h12H,4-5H2,1-3H3.